The number of carbonyl (C=O) groups is 2. The van der Waals surface area contributed by atoms with Crippen LogP contribution in [0.4, 0.5) is 0 Å². The van der Waals surface area contributed by atoms with E-state index in [9.17, 15) is 19.8 Å². The number of aliphatic hydroxyl groups excluding tert-OH is 2. The van der Waals surface area contributed by atoms with E-state index >= 15 is 0 Å². The average molecular weight is 770 g/mol. The molecule has 0 aliphatic heterocycles. The maximum atomic E-state index is 13.1. The Morgan fingerprint density at radius 1 is 0.545 bits per heavy atom. The van der Waals surface area contributed by atoms with Crippen molar-refractivity contribution in [3.63, 3.8) is 0 Å². The smallest absolute Gasteiger partial charge is 0.306 e. The number of rotatable bonds is 40. The lowest BCUT2D eigenvalue weighted by molar-refractivity contribution is -0.150. The van der Waals surface area contributed by atoms with Crippen molar-refractivity contribution in [1.29, 1.82) is 0 Å². The highest BCUT2D eigenvalue weighted by atomic mass is 16.5. The van der Waals surface area contributed by atoms with Crippen LogP contribution in [0.2, 0.25) is 0 Å². The molecule has 3 N–H and O–H groups in total. The third-order valence-electron chi connectivity index (χ3n) is 10.2. The number of amides is 1. The molecule has 0 fully saturated rings. The Balaban J connectivity index is 4.61. The standard InChI is InChI=1S/C49H87NO5/c1-4-7-10-13-16-19-21-22-23-24-25-27-30-32-35-38-41-47(52)46(44-51)50-48(53)43-45(40-37-34-31-29-26-20-17-14-11-8-5-2)55-49(54)42-39-36-33-28-18-15-12-9-6-3/h8,11,14,17,20,26,29,31,34,37,45-47,51-52H,4-7,9-10,12-13,15-16,18-19,21-25,27-28,30,32-33,35-36,38-44H2,1-3H3,(H,50,53)/b11-8+,17-14+,26-20-,31-29-,37-34+. The summed E-state index contributed by atoms with van der Waals surface area (Å²) in [5.74, 6) is -0.611. The molecule has 0 aromatic rings. The van der Waals surface area contributed by atoms with E-state index < -0.39 is 18.2 Å². The molecule has 6 nitrogen and oxygen atoms in total. The first-order chi connectivity index (χ1) is 27.0. The molecule has 6 heteroatoms. The Labute approximate surface area is 339 Å². The lowest BCUT2D eigenvalue weighted by Crippen LogP contribution is -2.46. The quantitative estimate of drug-likeness (QED) is 0.0328. The van der Waals surface area contributed by atoms with Gasteiger partial charge in [0.25, 0.3) is 0 Å². The summed E-state index contributed by atoms with van der Waals surface area (Å²) < 4.78 is 5.79. The highest BCUT2D eigenvalue weighted by Crippen LogP contribution is 2.16. The molecule has 0 aliphatic carbocycles. The molecular weight excluding hydrogens is 683 g/mol. The van der Waals surface area contributed by atoms with Gasteiger partial charge in [-0.05, 0) is 19.3 Å². The second-order valence-electron chi connectivity index (χ2n) is 15.6. The molecule has 318 valence electrons. The van der Waals surface area contributed by atoms with Crippen molar-refractivity contribution in [2.24, 2.45) is 0 Å². The number of nitrogens with one attached hydrogen (secondary N) is 1. The van der Waals surface area contributed by atoms with Gasteiger partial charge in [-0.1, -0.05) is 236 Å². The van der Waals surface area contributed by atoms with Crippen LogP contribution in [0.15, 0.2) is 60.8 Å². The van der Waals surface area contributed by atoms with Crippen molar-refractivity contribution in [2.75, 3.05) is 6.61 Å². The van der Waals surface area contributed by atoms with Crippen LogP contribution in [0, 0.1) is 0 Å². The molecule has 0 bridgehead atoms. The van der Waals surface area contributed by atoms with E-state index in [1.54, 1.807) is 0 Å². The van der Waals surface area contributed by atoms with Gasteiger partial charge < -0.3 is 20.3 Å². The number of aliphatic hydroxyl groups is 2. The van der Waals surface area contributed by atoms with Gasteiger partial charge in [0, 0.05) is 12.8 Å². The van der Waals surface area contributed by atoms with Gasteiger partial charge in [0.2, 0.25) is 5.91 Å². The lowest BCUT2D eigenvalue weighted by Gasteiger charge is -2.24. The lowest BCUT2D eigenvalue weighted by atomic mass is 10.0. The van der Waals surface area contributed by atoms with Crippen LogP contribution in [0.3, 0.4) is 0 Å². The maximum absolute atomic E-state index is 13.1. The van der Waals surface area contributed by atoms with Crippen LogP contribution < -0.4 is 5.32 Å². The summed E-state index contributed by atoms with van der Waals surface area (Å²) in [6, 6.07) is -0.737. The molecule has 0 spiro atoms. The first kappa shape index (κ1) is 52.6. The van der Waals surface area contributed by atoms with Crippen LogP contribution in [0.25, 0.3) is 0 Å². The van der Waals surface area contributed by atoms with Gasteiger partial charge in [0.15, 0.2) is 0 Å². The Bertz CT molecular complexity index is 999. The number of ether oxygens (including phenoxy) is 1. The molecule has 0 saturated carbocycles. The molecule has 0 radical (unpaired) electrons. The van der Waals surface area contributed by atoms with Gasteiger partial charge in [-0.25, -0.2) is 0 Å². The summed E-state index contributed by atoms with van der Waals surface area (Å²) in [5, 5.41) is 23.6. The van der Waals surface area contributed by atoms with E-state index in [4.69, 9.17) is 4.74 Å². The van der Waals surface area contributed by atoms with Gasteiger partial charge in [0.1, 0.15) is 6.10 Å². The van der Waals surface area contributed by atoms with Crippen LogP contribution in [-0.2, 0) is 14.3 Å². The zero-order valence-electron chi connectivity index (χ0n) is 36.0. The van der Waals surface area contributed by atoms with E-state index in [2.05, 4.69) is 32.2 Å². The summed E-state index contributed by atoms with van der Waals surface area (Å²) in [6.45, 7) is 6.27. The molecule has 0 aromatic heterocycles. The summed E-state index contributed by atoms with van der Waals surface area (Å²) in [7, 11) is 0. The molecule has 0 aromatic carbocycles. The number of carbonyl (C=O) groups excluding carboxylic acids is 2. The number of hydrogen-bond donors (Lipinski definition) is 3. The van der Waals surface area contributed by atoms with Crippen LogP contribution in [0.1, 0.15) is 213 Å². The SMILES string of the molecule is CC/C=C/C=C/C=C\C=C/C=C/CC(CC(=O)NC(CO)C(O)CCCCCCCCCCCCCCCCCC)OC(=O)CCCCCCCCCCC. The molecule has 3 unspecified atom stereocenters. The fraction of sp³-hybridized carbons (Fsp3) is 0.755. The molecule has 55 heavy (non-hydrogen) atoms. The first-order valence-corrected chi connectivity index (χ1v) is 23.1. The monoisotopic (exact) mass is 770 g/mol. The van der Waals surface area contributed by atoms with Crippen LogP contribution in [-0.4, -0.2) is 46.9 Å². The van der Waals surface area contributed by atoms with Crippen molar-refractivity contribution in [3.8, 4) is 0 Å². The maximum Gasteiger partial charge on any atom is 0.306 e. The summed E-state index contributed by atoms with van der Waals surface area (Å²) >= 11 is 0. The normalized spacial score (nSPS) is 13.9. The number of unbranched alkanes of at least 4 members (excludes halogenated alkanes) is 23. The van der Waals surface area contributed by atoms with Crippen molar-refractivity contribution < 1.29 is 24.5 Å². The predicted molar refractivity (Wildman–Crippen MR) is 236 cm³/mol. The van der Waals surface area contributed by atoms with Gasteiger partial charge in [-0.2, -0.15) is 0 Å². The van der Waals surface area contributed by atoms with Crippen molar-refractivity contribution in [3.05, 3.63) is 60.8 Å². The zero-order chi connectivity index (χ0) is 40.3. The van der Waals surface area contributed by atoms with E-state index in [-0.39, 0.29) is 24.9 Å². The molecule has 0 heterocycles. The van der Waals surface area contributed by atoms with Crippen molar-refractivity contribution in [1.82, 2.24) is 5.32 Å². The molecule has 0 rings (SSSR count). The minimum Gasteiger partial charge on any atom is -0.461 e. The van der Waals surface area contributed by atoms with Crippen molar-refractivity contribution >= 4 is 11.9 Å². The van der Waals surface area contributed by atoms with E-state index in [1.807, 2.05) is 54.7 Å². The van der Waals surface area contributed by atoms with Gasteiger partial charge in [-0.15, -0.1) is 0 Å². The van der Waals surface area contributed by atoms with Crippen LogP contribution >= 0.6 is 0 Å². The van der Waals surface area contributed by atoms with E-state index in [1.165, 1.54) is 122 Å². The number of hydrogen-bond acceptors (Lipinski definition) is 5. The van der Waals surface area contributed by atoms with Gasteiger partial charge in [0.05, 0.1) is 25.2 Å². The summed E-state index contributed by atoms with van der Waals surface area (Å²) in [4.78, 5) is 25.8. The molecule has 1 amide bonds. The molecule has 0 saturated heterocycles. The first-order valence-electron chi connectivity index (χ1n) is 23.1. The zero-order valence-corrected chi connectivity index (χ0v) is 36.0. The summed E-state index contributed by atoms with van der Waals surface area (Å²) in [6.07, 6.45) is 51.7. The Morgan fingerprint density at radius 2 is 0.945 bits per heavy atom. The molecule has 0 aliphatic rings. The predicted octanol–water partition coefficient (Wildman–Crippen LogP) is 13.3. The summed E-state index contributed by atoms with van der Waals surface area (Å²) in [5.41, 5.74) is 0. The average Bonchev–Trinajstić information content (AvgIpc) is 3.18. The minimum atomic E-state index is -0.816. The Hall–Kier alpha value is -2.44. The van der Waals surface area contributed by atoms with Crippen LogP contribution in [0.5, 0.6) is 0 Å². The number of allylic oxidation sites excluding steroid dienone is 9. The van der Waals surface area contributed by atoms with Gasteiger partial charge >= 0.3 is 5.97 Å². The fourth-order valence-electron chi connectivity index (χ4n) is 6.75. The van der Waals surface area contributed by atoms with E-state index in [0.29, 0.717) is 19.3 Å². The Morgan fingerprint density at radius 3 is 1.38 bits per heavy atom. The van der Waals surface area contributed by atoms with E-state index in [0.717, 1.165) is 44.9 Å². The second kappa shape index (κ2) is 42.7. The molecule has 3 atom stereocenters. The Kier molecular flexibility index (Phi) is 40.8. The molecular formula is C49H87NO5. The third kappa shape index (κ3) is 38.2. The van der Waals surface area contributed by atoms with Gasteiger partial charge in [-0.3, -0.25) is 9.59 Å². The third-order valence-corrected chi connectivity index (χ3v) is 10.2. The van der Waals surface area contributed by atoms with Crippen molar-refractivity contribution in [2.45, 2.75) is 232 Å². The largest absolute Gasteiger partial charge is 0.461 e. The fourth-order valence-corrected chi connectivity index (χ4v) is 6.75. The number of esters is 1. The minimum absolute atomic E-state index is 0.0181. The topological polar surface area (TPSA) is 95.9 Å². The highest BCUT2D eigenvalue weighted by Gasteiger charge is 2.23. The highest BCUT2D eigenvalue weighted by molar-refractivity contribution is 5.77. The second-order valence-corrected chi connectivity index (χ2v) is 15.6.